The quantitative estimate of drug-likeness (QED) is 0.764. The van der Waals surface area contributed by atoms with E-state index in [0.29, 0.717) is 17.8 Å². The van der Waals surface area contributed by atoms with Gasteiger partial charge in [-0.2, -0.15) is 18.3 Å². The first-order valence-electron chi connectivity index (χ1n) is 6.49. The normalized spacial score (nSPS) is 12.4. The molecule has 1 atom stereocenters. The Hall–Kier alpha value is -2.33. The van der Waals surface area contributed by atoms with Gasteiger partial charge in [0.25, 0.3) is 5.56 Å². The lowest BCUT2D eigenvalue weighted by Crippen LogP contribution is -2.32. The summed E-state index contributed by atoms with van der Waals surface area (Å²) in [6.07, 6.45) is -1.06. The van der Waals surface area contributed by atoms with E-state index in [4.69, 9.17) is 0 Å². The number of carbonyl (C=O) groups excluding carboxylic acids is 1. The molecule has 0 aromatic carbocycles. The van der Waals surface area contributed by atoms with Gasteiger partial charge in [0.15, 0.2) is 0 Å². The van der Waals surface area contributed by atoms with Gasteiger partial charge in [-0.15, -0.1) is 12.4 Å². The fraction of sp³-hybridized carbons (Fsp3) is 0.308. The highest BCUT2D eigenvalue weighted by atomic mass is 35.5. The number of aromatic nitrogens is 3. The lowest BCUT2D eigenvalue weighted by Gasteiger charge is -2.15. The molecule has 2 aromatic rings. The summed E-state index contributed by atoms with van der Waals surface area (Å²) in [7, 11) is 3.17. The van der Waals surface area contributed by atoms with E-state index in [2.05, 4.69) is 15.7 Å². The van der Waals surface area contributed by atoms with E-state index in [-0.39, 0.29) is 12.4 Å². The Labute approximate surface area is 140 Å². The fourth-order valence-corrected chi connectivity index (χ4v) is 1.98. The molecule has 1 amide bonds. The van der Waals surface area contributed by atoms with Gasteiger partial charge in [-0.3, -0.25) is 14.3 Å². The highest BCUT2D eigenvalue weighted by Crippen LogP contribution is 2.29. The van der Waals surface area contributed by atoms with Crippen LogP contribution in [0.4, 0.5) is 18.9 Å². The number of amides is 1. The van der Waals surface area contributed by atoms with Crippen LogP contribution in [-0.2, 0) is 18.0 Å². The van der Waals surface area contributed by atoms with Crippen LogP contribution in [0.15, 0.2) is 29.5 Å². The standard InChI is InChI=1S/C13H14F3N5O2.ClH/c1-17-10(7-4-19-21(2)6-7)12(23)20-9-3-8(13(14,15)16)5-18-11(9)22;/h3-6,10,17H,1-2H3,(H,18,22)(H,20,23);1H. The molecule has 132 valence electrons. The molecule has 2 rings (SSSR count). The van der Waals surface area contributed by atoms with Crippen LogP contribution in [-0.4, -0.2) is 27.7 Å². The molecular weight excluding hydrogens is 351 g/mol. The maximum Gasteiger partial charge on any atom is 0.417 e. The van der Waals surface area contributed by atoms with Crippen molar-refractivity contribution in [2.24, 2.45) is 7.05 Å². The third-order valence-corrected chi connectivity index (χ3v) is 3.10. The predicted molar refractivity (Wildman–Crippen MR) is 83.0 cm³/mol. The number of nitrogens with one attached hydrogen (secondary N) is 3. The Morgan fingerprint density at radius 3 is 2.58 bits per heavy atom. The zero-order valence-corrected chi connectivity index (χ0v) is 13.5. The number of nitrogens with zero attached hydrogens (tertiary/aromatic N) is 2. The second kappa shape index (κ2) is 7.49. The monoisotopic (exact) mass is 365 g/mol. The molecule has 0 aliphatic carbocycles. The van der Waals surface area contributed by atoms with E-state index in [1.54, 1.807) is 13.2 Å². The number of halogens is 4. The minimum atomic E-state index is -4.63. The minimum absolute atomic E-state index is 0. The SMILES string of the molecule is CNC(C(=O)Nc1cc(C(F)(F)F)c[nH]c1=O)c1cnn(C)c1.Cl. The average molecular weight is 366 g/mol. The summed E-state index contributed by atoms with van der Waals surface area (Å²) in [6, 6.07) is -0.273. The molecule has 0 aliphatic rings. The summed E-state index contributed by atoms with van der Waals surface area (Å²) in [5.74, 6) is -0.676. The first kappa shape index (κ1) is 19.7. The van der Waals surface area contributed by atoms with Crippen molar-refractivity contribution in [3.8, 4) is 0 Å². The number of pyridine rings is 1. The molecule has 2 heterocycles. The van der Waals surface area contributed by atoms with E-state index in [1.165, 1.54) is 17.9 Å². The number of anilines is 1. The second-order valence-electron chi connectivity index (χ2n) is 4.79. The van der Waals surface area contributed by atoms with Gasteiger partial charge in [0.05, 0.1) is 11.8 Å². The topological polar surface area (TPSA) is 91.8 Å². The van der Waals surface area contributed by atoms with Crippen molar-refractivity contribution in [2.45, 2.75) is 12.2 Å². The van der Waals surface area contributed by atoms with Gasteiger partial charge < -0.3 is 15.6 Å². The predicted octanol–water partition coefficient (Wildman–Crippen LogP) is 1.45. The number of aromatic amines is 1. The van der Waals surface area contributed by atoms with Crippen LogP contribution in [0, 0.1) is 0 Å². The van der Waals surface area contributed by atoms with Crippen molar-refractivity contribution in [3.05, 3.63) is 46.1 Å². The summed E-state index contributed by atoms with van der Waals surface area (Å²) in [5, 5.41) is 8.83. The molecular formula is C13H15ClF3N5O2. The third-order valence-electron chi connectivity index (χ3n) is 3.10. The molecule has 24 heavy (non-hydrogen) atoms. The number of hydrogen-bond acceptors (Lipinski definition) is 4. The van der Waals surface area contributed by atoms with Crippen LogP contribution in [0.1, 0.15) is 17.2 Å². The van der Waals surface area contributed by atoms with Gasteiger partial charge in [0.1, 0.15) is 11.7 Å². The zero-order valence-electron chi connectivity index (χ0n) is 12.6. The van der Waals surface area contributed by atoms with Crippen molar-refractivity contribution in [3.63, 3.8) is 0 Å². The third kappa shape index (κ3) is 4.36. The Morgan fingerprint density at radius 2 is 2.08 bits per heavy atom. The van der Waals surface area contributed by atoms with Crippen LogP contribution in [0.5, 0.6) is 0 Å². The van der Waals surface area contributed by atoms with E-state index in [1.807, 2.05) is 4.98 Å². The first-order chi connectivity index (χ1) is 10.7. The van der Waals surface area contributed by atoms with Crippen LogP contribution < -0.4 is 16.2 Å². The van der Waals surface area contributed by atoms with Gasteiger partial charge in [0, 0.05) is 25.0 Å². The van der Waals surface area contributed by atoms with Gasteiger partial charge in [0.2, 0.25) is 5.91 Å². The number of hydrogen-bond donors (Lipinski definition) is 3. The molecule has 0 aliphatic heterocycles. The summed E-state index contributed by atoms with van der Waals surface area (Å²) in [5.41, 5.74) is -1.85. The smallest absolute Gasteiger partial charge is 0.327 e. The van der Waals surface area contributed by atoms with Crippen molar-refractivity contribution >= 4 is 24.0 Å². The molecule has 0 fully saturated rings. The van der Waals surface area contributed by atoms with E-state index in [9.17, 15) is 22.8 Å². The molecule has 0 radical (unpaired) electrons. The number of alkyl halides is 3. The molecule has 11 heteroatoms. The molecule has 0 saturated heterocycles. The van der Waals surface area contributed by atoms with Crippen LogP contribution in [0.2, 0.25) is 0 Å². The maximum absolute atomic E-state index is 12.7. The van der Waals surface area contributed by atoms with Crippen LogP contribution in [0.3, 0.4) is 0 Å². The summed E-state index contributed by atoms with van der Waals surface area (Å²) in [4.78, 5) is 25.8. The van der Waals surface area contributed by atoms with Crippen molar-refractivity contribution < 1.29 is 18.0 Å². The van der Waals surface area contributed by atoms with Crippen molar-refractivity contribution in [1.82, 2.24) is 20.1 Å². The summed E-state index contributed by atoms with van der Waals surface area (Å²) >= 11 is 0. The average Bonchev–Trinajstić information content (AvgIpc) is 2.87. The Morgan fingerprint density at radius 1 is 1.42 bits per heavy atom. The van der Waals surface area contributed by atoms with E-state index >= 15 is 0 Å². The Bertz CT molecular complexity index is 771. The Balaban J connectivity index is 0.00000288. The van der Waals surface area contributed by atoms with E-state index in [0.717, 1.165) is 0 Å². The second-order valence-corrected chi connectivity index (χ2v) is 4.79. The number of carbonyl (C=O) groups is 1. The Kier molecular flexibility index (Phi) is 6.16. The number of H-pyrrole nitrogens is 1. The first-order valence-corrected chi connectivity index (χ1v) is 6.49. The number of aryl methyl sites for hydroxylation is 1. The van der Waals surface area contributed by atoms with Gasteiger partial charge in [-0.05, 0) is 13.1 Å². The van der Waals surface area contributed by atoms with Gasteiger partial charge in [-0.1, -0.05) is 0 Å². The summed E-state index contributed by atoms with van der Waals surface area (Å²) < 4.78 is 39.5. The lowest BCUT2D eigenvalue weighted by atomic mass is 10.1. The molecule has 0 saturated carbocycles. The lowest BCUT2D eigenvalue weighted by molar-refractivity contribution is -0.137. The maximum atomic E-state index is 12.7. The molecule has 0 bridgehead atoms. The number of likely N-dealkylation sites (N-methyl/N-ethyl adjacent to an activating group) is 1. The van der Waals surface area contributed by atoms with Crippen LogP contribution in [0.25, 0.3) is 0 Å². The largest absolute Gasteiger partial charge is 0.417 e. The van der Waals surface area contributed by atoms with Crippen LogP contribution >= 0.6 is 12.4 Å². The van der Waals surface area contributed by atoms with Crippen molar-refractivity contribution in [1.29, 1.82) is 0 Å². The highest BCUT2D eigenvalue weighted by molar-refractivity contribution is 5.95. The molecule has 3 N–H and O–H groups in total. The molecule has 1 unspecified atom stereocenters. The van der Waals surface area contributed by atoms with Gasteiger partial charge in [-0.25, -0.2) is 0 Å². The minimum Gasteiger partial charge on any atom is -0.327 e. The van der Waals surface area contributed by atoms with Crippen molar-refractivity contribution in [2.75, 3.05) is 12.4 Å². The number of rotatable bonds is 4. The molecule has 0 spiro atoms. The van der Waals surface area contributed by atoms with Gasteiger partial charge >= 0.3 is 6.18 Å². The fourth-order valence-electron chi connectivity index (χ4n) is 1.98. The molecule has 7 nitrogen and oxygen atoms in total. The highest BCUT2D eigenvalue weighted by Gasteiger charge is 2.32. The summed E-state index contributed by atoms with van der Waals surface area (Å²) in [6.45, 7) is 0. The molecule has 2 aromatic heterocycles. The van der Waals surface area contributed by atoms with E-state index < -0.39 is 34.9 Å². The zero-order chi connectivity index (χ0) is 17.2.